The molecule has 2 N–H and O–H groups in total. The number of aromatic nitrogens is 2. The number of hydrazone groups is 1. The Bertz CT molecular complexity index is 1770. The molecular weight excluding hydrogens is 522 g/mol. The molecule has 1 aliphatic rings. The van der Waals surface area contributed by atoms with Crippen LogP contribution in [-0.4, -0.2) is 31.0 Å². The Morgan fingerprint density at radius 2 is 1.45 bits per heavy atom. The van der Waals surface area contributed by atoms with Crippen molar-refractivity contribution in [3.63, 3.8) is 0 Å². The number of benzene rings is 4. The van der Waals surface area contributed by atoms with Gasteiger partial charge in [0, 0.05) is 23.7 Å². The van der Waals surface area contributed by atoms with E-state index in [-0.39, 0.29) is 10.9 Å². The molecular formula is C31H27N5O3S. The van der Waals surface area contributed by atoms with Crippen molar-refractivity contribution in [3.8, 4) is 22.7 Å². The topological polar surface area (TPSA) is 103 Å². The van der Waals surface area contributed by atoms with Gasteiger partial charge in [0.15, 0.2) is 0 Å². The Labute approximate surface area is 233 Å². The van der Waals surface area contributed by atoms with Gasteiger partial charge in [0.2, 0.25) is 10.0 Å². The third-order valence-electron chi connectivity index (χ3n) is 6.93. The van der Waals surface area contributed by atoms with Crippen LogP contribution in [0.25, 0.3) is 16.9 Å². The molecule has 0 spiro atoms. The van der Waals surface area contributed by atoms with Crippen LogP contribution in [0.1, 0.15) is 23.6 Å². The predicted molar refractivity (Wildman–Crippen MR) is 156 cm³/mol. The lowest BCUT2D eigenvalue weighted by molar-refractivity contribution is 0.415. The van der Waals surface area contributed by atoms with Crippen molar-refractivity contribution in [2.45, 2.75) is 17.4 Å². The van der Waals surface area contributed by atoms with E-state index in [1.165, 1.54) is 12.1 Å². The van der Waals surface area contributed by atoms with Crippen molar-refractivity contribution < 1.29 is 13.2 Å². The molecule has 4 aromatic carbocycles. The van der Waals surface area contributed by atoms with Crippen LogP contribution in [0.4, 0.5) is 5.69 Å². The lowest BCUT2D eigenvalue weighted by Gasteiger charge is -2.24. The number of hydrogen-bond donors (Lipinski definition) is 1. The molecule has 9 heteroatoms. The number of methoxy groups -OCH3 is 1. The first kappa shape index (κ1) is 25.5. The zero-order valence-electron chi connectivity index (χ0n) is 21.8. The minimum Gasteiger partial charge on any atom is -0.497 e. The predicted octanol–water partition coefficient (Wildman–Crippen LogP) is 5.55. The maximum atomic E-state index is 11.9. The number of primary sulfonamides is 1. The van der Waals surface area contributed by atoms with Crippen LogP contribution < -0.4 is 14.9 Å². The van der Waals surface area contributed by atoms with Gasteiger partial charge in [-0.2, -0.15) is 10.2 Å². The van der Waals surface area contributed by atoms with Crippen LogP contribution in [-0.2, 0) is 10.0 Å². The van der Waals surface area contributed by atoms with Crippen LogP contribution >= 0.6 is 0 Å². The summed E-state index contributed by atoms with van der Waals surface area (Å²) in [5.74, 6) is 0.768. The van der Waals surface area contributed by atoms with Gasteiger partial charge in [-0.25, -0.2) is 18.2 Å². The molecule has 2 heterocycles. The van der Waals surface area contributed by atoms with E-state index >= 15 is 0 Å². The zero-order valence-corrected chi connectivity index (χ0v) is 22.6. The molecule has 0 amide bonds. The van der Waals surface area contributed by atoms with Gasteiger partial charge in [0.1, 0.15) is 5.75 Å². The molecule has 0 radical (unpaired) electrons. The summed E-state index contributed by atoms with van der Waals surface area (Å²) in [6.45, 7) is 0. The van der Waals surface area contributed by atoms with Crippen molar-refractivity contribution in [2.75, 3.05) is 12.1 Å². The zero-order chi connectivity index (χ0) is 27.7. The van der Waals surface area contributed by atoms with Crippen molar-refractivity contribution in [1.29, 1.82) is 0 Å². The molecule has 0 saturated carbocycles. The summed E-state index contributed by atoms with van der Waals surface area (Å²) in [6, 6.07) is 34.2. The van der Waals surface area contributed by atoms with Crippen LogP contribution in [0.15, 0.2) is 125 Å². The SMILES string of the molecule is COc1ccc(C2=NN(c3ccc(S(N)(=O)=O)cc3)C(c3cn(-c4ccccc4)nc3-c3ccccc3)C2)cc1. The number of hydrogen-bond acceptors (Lipinski definition) is 6. The quantitative estimate of drug-likeness (QED) is 0.287. The Morgan fingerprint density at radius 1 is 0.800 bits per heavy atom. The molecule has 0 saturated heterocycles. The number of anilines is 1. The van der Waals surface area contributed by atoms with Gasteiger partial charge < -0.3 is 4.74 Å². The summed E-state index contributed by atoms with van der Waals surface area (Å²) in [5, 5.41) is 17.3. The second kappa shape index (κ2) is 10.4. The number of rotatable bonds is 7. The normalized spacial score (nSPS) is 15.2. The number of ether oxygens (including phenoxy) is 1. The summed E-state index contributed by atoms with van der Waals surface area (Å²) in [5.41, 5.74) is 6.41. The highest BCUT2D eigenvalue weighted by Crippen LogP contribution is 2.41. The van der Waals surface area contributed by atoms with Crippen molar-refractivity contribution in [2.24, 2.45) is 10.2 Å². The molecule has 1 aromatic heterocycles. The summed E-state index contributed by atoms with van der Waals surface area (Å²) < 4.78 is 31.0. The summed E-state index contributed by atoms with van der Waals surface area (Å²) in [6.07, 6.45) is 2.67. The first-order valence-corrected chi connectivity index (χ1v) is 14.3. The maximum absolute atomic E-state index is 11.9. The highest BCUT2D eigenvalue weighted by atomic mass is 32.2. The highest BCUT2D eigenvalue weighted by Gasteiger charge is 2.33. The van der Waals surface area contributed by atoms with Crippen molar-refractivity contribution in [3.05, 3.63) is 127 Å². The van der Waals surface area contributed by atoms with Gasteiger partial charge in [-0.1, -0.05) is 48.5 Å². The van der Waals surface area contributed by atoms with E-state index in [1.54, 1.807) is 19.2 Å². The second-order valence-corrected chi connectivity index (χ2v) is 11.0. The van der Waals surface area contributed by atoms with Gasteiger partial charge in [-0.3, -0.25) is 5.01 Å². The molecule has 200 valence electrons. The third kappa shape index (κ3) is 5.00. The Morgan fingerprint density at radius 3 is 2.08 bits per heavy atom. The van der Waals surface area contributed by atoms with Gasteiger partial charge in [-0.05, 0) is 66.2 Å². The maximum Gasteiger partial charge on any atom is 0.238 e. The fourth-order valence-corrected chi connectivity index (χ4v) is 5.42. The average Bonchev–Trinajstić information content (AvgIpc) is 3.63. The third-order valence-corrected chi connectivity index (χ3v) is 7.86. The first-order chi connectivity index (χ1) is 19.4. The summed E-state index contributed by atoms with van der Waals surface area (Å²) in [7, 11) is -2.18. The largest absolute Gasteiger partial charge is 0.497 e. The minimum absolute atomic E-state index is 0.0493. The van der Waals surface area contributed by atoms with Gasteiger partial charge in [0.05, 0.1) is 40.8 Å². The van der Waals surface area contributed by atoms with Crippen LogP contribution in [0.3, 0.4) is 0 Å². The number of nitrogens with zero attached hydrogens (tertiary/aromatic N) is 4. The second-order valence-electron chi connectivity index (χ2n) is 9.46. The van der Waals surface area contributed by atoms with E-state index in [1.807, 2.05) is 94.6 Å². The van der Waals surface area contributed by atoms with Gasteiger partial charge in [0.25, 0.3) is 0 Å². The molecule has 0 bridgehead atoms. The summed E-state index contributed by atoms with van der Waals surface area (Å²) >= 11 is 0. The standard InChI is InChI=1S/C31H27N5O3S/c1-39-26-16-12-22(13-17-26)29-20-30(36(33-29)25-14-18-27(19-15-25)40(32,37)38)28-21-35(24-10-6-3-7-11-24)34-31(28)23-8-4-2-5-9-23/h2-19,21,30H,20H2,1H3,(H2,32,37,38). The minimum atomic E-state index is -3.82. The molecule has 8 nitrogen and oxygen atoms in total. The number of nitrogens with two attached hydrogens (primary N) is 1. The van der Waals surface area contributed by atoms with Crippen molar-refractivity contribution in [1.82, 2.24) is 9.78 Å². The molecule has 6 rings (SSSR count). The van der Waals surface area contributed by atoms with E-state index < -0.39 is 10.0 Å². The lowest BCUT2D eigenvalue weighted by atomic mass is 9.96. The molecule has 40 heavy (non-hydrogen) atoms. The van der Waals surface area contributed by atoms with E-state index in [9.17, 15) is 8.42 Å². The molecule has 0 fully saturated rings. The van der Waals surface area contributed by atoms with Crippen molar-refractivity contribution >= 4 is 21.4 Å². The molecule has 0 aliphatic carbocycles. The van der Waals surface area contributed by atoms with Crippen LogP contribution in [0.5, 0.6) is 5.75 Å². The smallest absolute Gasteiger partial charge is 0.238 e. The first-order valence-electron chi connectivity index (χ1n) is 12.7. The Hall–Kier alpha value is -4.73. The fourth-order valence-electron chi connectivity index (χ4n) is 4.90. The molecule has 1 atom stereocenters. The summed E-state index contributed by atoms with van der Waals surface area (Å²) in [4.78, 5) is 0.0493. The number of sulfonamides is 1. The fraction of sp³-hybridized carbons (Fsp3) is 0.0968. The monoisotopic (exact) mass is 549 g/mol. The van der Waals surface area contributed by atoms with E-state index in [4.69, 9.17) is 20.1 Å². The molecule has 1 unspecified atom stereocenters. The lowest BCUT2D eigenvalue weighted by Crippen LogP contribution is -2.19. The van der Waals surface area contributed by atoms with E-state index in [0.29, 0.717) is 6.42 Å². The van der Waals surface area contributed by atoms with Gasteiger partial charge >= 0.3 is 0 Å². The molecule has 1 aliphatic heterocycles. The van der Waals surface area contributed by atoms with Crippen LogP contribution in [0.2, 0.25) is 0 Å². The van der Waals surface area contributed by atoms with E-state index in [0.717, 1.165) is 45.2 Å². The number of para-hydroxylation sites is 1. The van der Waals surface area contributed by atoms with Gasteiger partial charge in [-0.15, -0.1) is 0 Å². The Balaban J connectivity index is 1.48. The molecule has 5 aromatic rings. The Kier molecular flexibility index (Phi) is 6.67. The highest BCUT2D eigenvalue weighted by molar-refractivity contribution is 7.89. The average molecular weight is 550 g/mol. The van der Waals surface area contributed by atoms with E-state index in [2.05, 4.69) is 6.20 Å². The van der Waals surface area contributed by atoms with Crippen LogP contribution in [0, 0.1) is 0 Å².